The number of hydrogen-bond acceptors (Lipinski definition) is 1. The maximum atomic E-state index is 4.73. The summed E-state index contributed by atoms with van der Waals surface area (Å²) >= 11 is 0. The molecule has 1 heteroatoms. The van der Waals surface area contributed by atoms with Gasteiger partial charge in [-0.25, -0.2) is 0 Å². The third-order valence-electron chi connectivity index (χ3n) is 3.88. The van der Waals surface area contributed by atoms with Crippen LogP contribution in [-0.2, 0) is 0 Å². The van der Waals surface area contributed by atoms with Gasteiger partial charge in [-0.2, -0.15) is 0 Å². The van der Waals surface area contributed by atoms with Gasteiger partial charge >= 0.3 is 0 Å². The van der Waals surface area contributed by atoms with Crippen LogP contribution in [0.15, 0.2) is 53.5 Å². The maximum Gasteiger partial charge on any atom is 0.0465 e. The van der Waals surface area contributed by atoms with Crippen molar-refractivity contribution in [2.45, 2.75) is 26.2 Å². The van der Waals surface area contributed by atoms with E-state index >= 15 is 0 Å². The number of benzene rings is 2. The Hall–Kier alpha value is -1.89. The van der Waals surface area contributed by atoms with Crippen molar-refractivity contribution in [1.29, 1.82) is 0 Å². The molecule has 0 N–H and O–H groups in total. The molecule has 1 heterocycles. The molecule has 1 aliphatic heterocycles. The van der Waals surface area contributed by atoms with Gasteiger partial charge in [0.05, 0.1) is 0 Å². The lowest BCUT2D eigenvalue weighted by molar-refractivity contribution is 0.779. The van der Waals surface area contributed by atoms with Crippen LogP contribution in [0.4, 0.5) is 0 Å². The van der Waals surface area contributed by atoms with Gasteiger partial charge in [0.1, 0.15) is 0 Å². The molecule has 2 aromatic rings. The van der Waals surface area contributed by atoms with Crippen LogP contribution in [0.3, 0.4) is 0 Å². The van der Waals surface area contributed by atoms with E-state index in [2.05, 4.69) is 62.4 Å². The fraction of sp³-hybridized carbons (Fsp3) is 0.278. The van der Waals surface area contributed by atoms with Crippen molar-refractivity contribution < 1.29 is 0 Å². The minimum Gasteiger partial charge on any atom is -0.288 e. The monoisotopic (exact) mass is 249 g/mol. The van der Waals surface area contributed by atoms with Crippen LogP contribution in [0.1, 0.15) is 34.6 Å². The van der Waals surface area contributed by atoms with Crippen molar-refractivity contribution in [2.75, 3.05) is 6.54 Å². The van der Waals surface area contributed by atoms with E-state index in [4.69, 9.17) is 4.99 Å². The summed E-state index contributed by atoms with van der Waals surface area (Å²) in [7, 11) is 0. The number of nitrogens with zero attached hydrogens (tertiary/aromatic N) is 1. The number of hydrogen-bond donors (Lipinski definition) is 0. The van der Waals surface area contributed by atoms with Gasteiger partial charge in [0.2, 0.25) is 0 Å². The Labute approximate surface area is 115 Å². The maximum absolute atomic E-state index is 4.73. The highest BCUT2D eigenvalue weighted by Crippen LogP contribution is 2.28. The van der Waals surface area contributed by atoms with E-state index in [1.54, 1.807) is 0 Å². The number of aliphatic imine (C=N–C) groups is 1. The van der Waals surface area contributed by atoms with E-state index in [9.17, 15) is 0 Å². The Balaban J connectivity index is 1.76. The van der Waals surface area contributed by atoms with Gasteiger partial charge in [0.25, 0.3) is 0 Å². The van der Waals surface area contributed by atoms with Crippen molar-refractivity contribution in [3.63, 3.8) is 0 Å². The third kappa shape index (κ3) is 2.60. The molecule has 3 rings (SSSR count). The topological polar surface area (TPSA) is 12.4 Å². The fourth-order valence-corrected chi connectivity index (χ4v) is 2.60. The highest BCUT2D eigenvalue weighted by Gasteiger charge is 2.21. The molecule has 0 spiro atoms. The zero-order valence-electron chi connectivity index (χ0n) is 11.6. The lowest BCUT2D eigenvalue weighted by Crippen LogP contribution is -2.02. The van der Waals surface area contributed by atoms with Crippen LogP contribution >= 0.6 is 0 Å². The standard InChI is InChI=1S/C18H19N/c1-13-3-7-15(8-4-13)17-11-18(19-12-17)16-9-5-14(2)6-10-16/h3-10,17H,11-12H2,1-2H3. The van der Waals surface area contributed by atoms with E-state index in [1.807, 2.05) is 0 Å². The minimum atomic E-state index is 0.553. The van der Waals surface area contributed by atoms with Crippen LogP contribution in [0, 0.1) is 13.8 Å². The van der Waals surface area contributed by atoms with Crippen molar-refractivity contribution in [3.05, 3.63) is 70.8 Å². The van der Waals surface area contributed by atoms with E-state index in [-0.39, 0.29) is 0 Å². The number of aryl methyl sites for hydroxylation is 2. The van der Waals surface area contributed by atoms with Gasteiger partial charge < -0.3 is 0 Å². The predicted molar refractivity (Wildman–Crippen MR) is 81.1 cm³/mol. The van der Waals surface area contributed by atoms with Crippen molar-refractivity contribution in [3.8, 4) is 0 Å². The molecule has 19 heavy (non-hydrogen) atoms. The molecular weight excluding hydrogens is 230 g/mol. The van der Waals surface area contributed by atoms with Crippen LogP contribution in [0.5, 0.6) is 0 Å². The highest BCUT2D eigenvalue weighted by molar-refractivity contribution is 6.02. The number of rotatable bonds is 2. The molecule has 0 radical (unpaired) electrons. The Morgan fingerprint density at radius 1 is 0.842 bits per heavy atom. The minimum absolute atomic E-state index is 0.553. The molecule has 1 aliphatic rings. The summed E-state index contributed by atoms with van der Waals surface area (Å²) in [4.78, 5) is 4.73. The smallest absolute Gasteiger partial charge is 0.0465 e. The van der Waals surface area contributed by atoms with E-state index in [1.165, 1.54) is 28.0 Å². The van der Waals surface area contributed by atoms with Gasteiger partial charge in [-0.15, -0.1) is 0 Å². The molecule has 2 aromatic carbocycles. The zero-order valence-corrected chi connectivity index (χ0v) is 11.6. The zero-order chi connectivity index (χ0) is 13.2. The summed E-state index contributed by atoms with van der Waals surface area (Å²) in [6, 6.07) is 17.6. The second kappa shape index (κ2) is 5.00. The quantitative estimate of drug-likeness (QED) is 0.753. The molecular formula is C18H19N. The van der Waals surface area contributed by atoms with E-state index in [0.717, 1.165) is 13.0 Å². The van der Waals surface area contributed by atoms with Crippen molar-refractivity contribution in [2.24, 2.45) is 4.99 Å². The normalized spacial score (nSPS) is 18.4. The summed E-state index contributed by atoms with van der Waals surface area (Å²) < 4.78 is 0. The van der Waals surface area contributed by atoms with Gasteiger partial charge in [0, 0.05) is 18.2 Å². The van der Waals surface area contributed by atoms with Crippen LogP contribution in [0.25, 0.3) is 0 Å². The average Bonchev–Trinajstić information content (AvgIpc) is 2.90. The summed E-state index contributed by atoms with van der Waals surface area (Å²) in [6.45, 7) is 5.17. The van der Waals surface area contributed by atoms with Gasteiger partial charge in [-0.1, -0.05) is 59.7 Å². The molecule has 1 unspecified atom stereocenters. The largest absolute Gasteiger partial charge is 0.288 e. The van der Waals surface area contributed by atoms with Crippen molar-refractivity contribution >= 4 is 5.71 Å². The third-order valence-corrected chi connectivity index (χ3v) is 3.88. The molecule has 0 amide bonds. The van der Waals surface area contributed by atoms with E-state index < -0.39 is 0 Å². The lowest BCUT2D eigenvalue weighted by atomic mass is 9.93. The van der Waals surface area contributed by atoms with E-state index in [0.29, 0.717) is 5.92 Å². The molecule has 0 aliphatic carbocycles. The first-order valence-corrected chi connectivity index (χ1v) is 6.89. The highest BCUT2D eigenvalue weighted by atomic mass is 14.8. The van der Waals surface area contributed by atoms with Gasteiger partial charge in [-0.3, -0.25) is 4.99 Å². The summed E-state index contributed by atoms with van der Waals surface area (Å²) in [5, 5.41) is 0. The second-order valence-corrected chi connectivity index (χ2v) is 5.47. The second-order valence-electron chi connectivity index (χ2n) is 5.47. The Kier molecular flexibility index (Phi) is 3.20. The van der Waals surface area contributed by atoms with Crippen LogP contribution in [-0.4, -0.2) is 12.3 Å². The predicted octanol–water partition coefficient (Wildman–Crippen LogP) is 4.28. The Morgan fingerprint density at radius 2 is 1.42 bits per heavy atom. The average molecular weight is 249 g/mol. The first-order valence-electron chi connectivity index (χ1n) is 6.89. The van der Waals surface area contributed by atoms with Crippen LogP contribution < -0.4 is 0 Å². The molecule has 0 saturated carbocycles. The fourth-order valence-electron chi connectivity index (χ4n) is 2.60. The molecule has 0 saturated heterocycles. The molecule has 1 atom stereocenters. The summed E-state index contributed by atoms with van der Waals surface area (Å²) in [5.74, 6) is 0.553. The first-order chi connectivity index (χ1) is 9.22. The lowest BCUT2D eigenvalue weighted by Gasteiger charge is -2.09. The van der Waals surface area contributed by atoms with Crippen LogP contribution in [0.2, 0.25) is 0 Å². The molecule has 96 valence electrons. The first kappa shape index (κ1) is 12.2. The summed E-state index contributed by atoms with van der Waals surface area (Å²) in [6.07, 6.45) is 1.06. The molecule has 0 fully saturated rings. The van der Waals surface area contributed by atoms with Gasteiger partial charge in [0.15, 0.2) is 0 Å². The Morgan fingerprint density at radius 3 is 2.05 bits per heavy atom. The molecule has 1 nitrogen and oxygen atoms in total. The molecule has 0 aromatic heterocycles. The Bertz CT molecular complexity index is 591. The summed E-state index contributed by atoms with van der Waals surface area (Å²) in [5.41, 5.74) is 6.57. The molecule has 0 bridgehead atoms. The SMILES string of the molecule is Cc1ccc(C2=NCC(c3ccc(C)cc3)C2)cc1. The van der Waals surface area contributed by atoms with Crippen molar-refractivity contribution in [1.82, 2.24) is 0 Å². The van der Waals surface area contributed by atoms with Gasteiger partial charge in [-0.05, 0) is 31.4 Å².